The summed E-state index contributed by atoms with van der Waals surface area (Å²) in [5.74, 6) is 1.05. The van der Waals surface area contributed by atoms with E-state index in [1.165, 1.54) is 12.8 Å². The minimum absolute atomic E-state index is 0.0144. The molecular formula is C36H59N5O4S. The number of hydrogen-bond acceptors (Lipinski definition) is 7. The Labute approximate surface area is 281 Å². The molecule has 0 radical (unpaired) electrons. The number of aliphatic hydroxyl groups is 1. The molecule has 3 aliphatic rings. The van der Waals surface area contributed by atoms with Crippen molar-refractivity contribution in [3.8, 4) is 0 Å². The van der Waals surface area contributed by atoms with E-state index in [0.29, 0.717) is 30.7 Å². The van der Waals surface area contributed by atoms with Gasteiger partial charge in [0.1, 0.15) is 6.04 Å². The molecule has 2 aliphatic heterocycles. The van der Waals surface area contributed by atoms with Gasteiger partial charge in [-0.25, -0.2) is 0 Å². The molecule has 2 saturated heterocycles. The fourth-order valence-corrected chi connectivity index (χ4v) is 8.31. The first-order valence-electron chi connectivity index (χ1n) is 17.7. The van der Waals surface area contributed by atoms with Crippen LogP contribution in [0.5, 0.6) is 0 Å². The molecule has 0 bridgehead atoms. The molecule has 9 nitrogen and oxygen atoms in total. The number of carbonyl (C=O) groups excluding carboxylic acids is 3. The molecular weight excluding hydrogens is 598 g/mol. The third-order valence-corrected chi connectivity index (χ3v) is 11.2. The second-order valence-electron chi connectivity index (χ2n) is 15.0. The number of rotatable bonds is 14. The number of nitrogens with one attached hydrogen (secondary N) is 3. The summed E-state index contributed by atoms with van der Waals surface area (Å²) in [6.45, 7) is 13.2. The average molecular weight is 658 g/mol. The van der Waals surface area contributed by atoms with Gasteiger partial charge in [0.15, 0.2) is 0 Å². The van der Waals surface area contributed by atoms with Gasteiger partial charge in [-0.05, 0) is 89.4 Å². The van der Waals surface area contributed by atoms with Crippen LogP contribution < -0.4 is 16.0 Å². The van der Waals surface area contributed by atoms with Gasteiger partial charge in [0.05, 0.1) is 24.7 Å². The van der Waals surface area contributed by atoms with Crippen LogP contribution in [0.3, 0.4) is 0 Å². The summed E-state index contributed by atoms with van der Waals surface area (Å²) in [6, 6.07) is 8.40. The number of amides is 3. The Morgan fingerprint density at radius 2 is 1.67 bits per heavy atom. The lowest BCUT2D eigenvalue weighted by Gasteiger charge is -2.47. The fourth-order valence-electron chi connectivity index (χ4n) is 7.28. The van der Waals surface area contributed by atoms with Crippen molar-refractivity contribution < 1.29 is 19.5 Å². The molecule has 1 saturated carbocycles. The number of carbonyl (C=O) groups is 3. The van der Waals surface area contributed by atoms with Gasteiger partial charge in [0.2, 0.25) is 17.7 Å². The number of fused-ring (bicyclic) bond motifs is 1. The molecule has 7 atom stereocenters. The van der Waals surface area contributed by atoms with Crippen molar-refractivity contribution in [2.75, 3.05) is 38.5 Å². The van der Waals surface area contributed by atoms with Crippen molar-refractivity contribution in [1.29, 1.82) is 0 Å². The van der Waals surface area contributed by atoms with Gasteiger partial charge in [0, 0.05) is 29.3 Å². The van der Waals surface area contributed by atoms with E-state index in [9.17, 15) is 19.5 Å². The maximum Gasteiger partial charge on any atom is 0.243 e. The van der Waals surface area contributed by atoms with Gasteiger partial charge in [-0.15, -0.1) is 11.8 Å². The fraction of sp³-hybridized carbons (Fsp3) is 0.750. The number of benzene rings is 1. The van der Waals surface area contributed by atoms with E-state index in [1.807, 2.05) is 65.0 Å². The van der Waals surface area contributed by atoms with Crippen molar-refractivity contribution >= 4 is 29.5 Å². The molecule has 3 amide bonds. The van der Waals surface area contributed by atoms with Gasteiger partial charge in [-0.2, -0.15) is 0 Å². The zero-order valence-electron chi connectivity index (χ0n) is 28.8. The Kier molecular flexibility index (Phi) is 13.8. The number of likely N-dealkylation sites (tertiary alicyclic amines) is 2. The van der Waals surface area contributed by atoms with E-state index in [2.05, 4.69) is 25.8 Å². The SMILES string of the molecule is CCC(C)[C@H](NC(=O)CN1CCCC1)C(=O)N[C@@H](CSc1ccccc1)[C@H](O)CN1C[C@H]2CCCC[C@H]2C[C@H]1C(=O)NC(C)(C)C. The topological polar surface area (TPSA) is 114 Å². The lowest BCUT2D eigenvalue weighted by Crippen LogP contribution is -2.61. The standard InChI is InChI=1S/C36H59N5O4S/c1-6-25(2)33(38-32(43)23-40-18-12-13-19-40)35(45)37-29(24-46-28-16-8-7-9-17-28)31(42)22-41-21-27-15-11-10-14-26(27)20-30(41)34(44)39-36(3,4)5/h7-9,16-17,25-27,29-31,33,42H,6,10-15,18-24H2,1-5H3,(H,37,45)(H,38,43)(H,39,44)/t25?,26-,27+,29-,30-,31+,33-/m0/s1. The van der Waals surface area contributed by atoms with Gasteiger partial charge in [-0.1, -0.05) is 57.7 Å². The molecule has 1 aromatic carbocycles. The van der Waals surface area contributed by atoms with Gasteiger partial charge in [-0.3, -0.25) is 24.2 Å². The molecule has 0 spiro atoms. The van der Waals surface area contributed by atoms with Gasteiger partial charge < -0.3 is 21.1 Å². The molecule has 10 heteroatoms. The summed E-state index contributed by atoms with van der Waals surface area (Å²) in [7, 11) is 0. The number of piperidine rings is 1. The van der Waals surface area contributed by atoms with Crippen LogP contribution in [0.1, 0.15) is 86.0 Å². The quantitative estimate of drug-likeness (QED) is 0.223. The van der Waals surface area contributed by atoms with Crippen LogP contribution in [-0.4, -0.2) is 101 Å². The normalized spacial score (nSPS) is 25.1. The van der Waals surface area contributed by atoms with Crippen molar-refractivity contribution in [2.45, 2.75) is 121 Å². The predicted molar refractivity (Wildman–Crippen MR) is 185 cm³/mol. The molecule has 0 aromatic heterocycles. The van der Waals surface area contributed by atoms with Crippen LogP contribution in [0.2, 0.25) is 0 Å². The zero-order chi connectivity index (χ0) is 33.3. The summed E-state index contributed by atoms with van der Waals surface area (Å²) in [6.07, 6.45) is 7.57. The van der Waals surface area contributed by atoms with Crippen LogP contribution in [0.15, 0.2) is 35.2 Å². The molecule has 46 heavy (non-hydrogen) atoms. The van der Waals surface area contributed by atoms with Crippen molar-refractivity contribution in [1.82, 2.24) is 25.8 Å². The van der Waals surface area contributed by atoms with Gasteiger partial charge in [0.25, 0.3) is 0 Å². The first kappa shape index (κ1) is 36.7. The van der Waals surface area contributed by atoms with E-state index in [-0.39, 0.29) is 35.2 Å². The maximum absolute atomic E-state index is 13.9. The van der Waals surface area contributed by atoms with E-state index >= 15 is 0 Å². The van der Waals surface area contributed by atoms with E-state index in [0.717, 1.165) is 63.1 Å². The summed E-state index contributed by atoms with van der Waals surface area (Å²) >= 11 is 1.59. The highest BCUT2D eigenvalue weighted by molar-refractivity contribution is 7.99. The van der Waals surface area contributed by atoms with E-state index in [1.54, 1.807) is 11.8 Å². The number of hydrogen-bond donors (Lipinski definition) is 4. The minimum Gasteiger partial charge on any atom is -0.390 e. The van der Waals surface area contributed by atoms with Gasteiger partial charge >= 0.3 is 0 Å². The highest BCUT2D eigenvalue weighted by atomic mass is 32.2. The number of nitrogens with zero attached hydrogens (tertiary/aromatic N) is 2. The number of β-amino-alcohol motifs (C(OH)–C–C–N with tert-alkyl or cyclic N) is 1. The molecule has 1 aliphatic carbocycles. The first-order chi connectivity index (χ1) is 21.9. The minimum atomic E-state index is -0.900. The number of aliphatic hydroxyl groups excluding tert-OH is 1. The van der Waals surface area contributed by atoms with Crippen molar-refractivity contribution in [3.05, 3.63) is 30.3 Å². The first-order valence-corrected chi connectivity index (χ1v) is 18.7. The van der Waals surface area contributed by atoms with Crippen molar-refractivity contribution in [2.24, 2.45) is 17.8 Å². The Balaban J connectivity index is 1.50. The summed E-state index contributed by atoms with van der Waals surface area (Å²) < 4.78 is 0. The molecule has 4 rings (SSSR count). The van der Waals surface area contributed by atoms with Crippen molar-refractivity contribution in [3.63, 3.8) is 0 Å². The maximum atomic E-state index is 13.9. The van der Waals surface area contributed by atoms with Crippen LogP contribution in [-0.2, 0) is 14.4 Å². The monoisotopic (exact) mass is 657 g/mol. The molecule has 1 unspecified atom stereocenters. The molecule has 258 valence electrons. The third-order valence-electron chi connectivity index (χ3n) is 10.1. The Hall–Kier alpha value is -2.14. The molecule has 2 heterocycles. The number of thioether (sulfide) groups is 1. The van der Waals surface area contributed by atoms with Crippen LogP contribution >= 0.6 is 11.8 Å². The zero-order valence-corrected chi connectivity index (χ0v) is 29.6. The summed E-state index contributed by atoms with van der Waals surface area (Å²) in [5.41, 5.74) is -0.349. The lowest BCUT2D eigenvalue weighted by molar-refractivity contribution is -0.133. The second-order valence-corrected chi connectivity index (χ2v) is 16.1. The highest BCUT2D eigenvalue weighted by Crippen LogP contribution is 2.39. The highest BCUT2D eigenvalue weighted by Gasteiger charge is 2.42. The second kappa shape index (κ2) is 17.3. The summed E-state index contributed by atoms with van der Waals surface area (Å²) in [5, 5.41) is 21.3. The van der Waals surface area contributed by atoms with E-state index < -0.39 is 18.2 Å². The predicted octanol–water partition coefficient (Wildman–Crippen LogP) is 4.05. The molecule has 4 N–H and O–H groups in total. The third kappa shape index (κ3) is 11.0. The molecule has 1 aromatic rings. The Morgan fingerprint density at radius 1 is 1.00 bits per heavy atom. The smallest absolute Gasteiger partial charge is 0.243 e. The van der Waals surface area contributed by atoms with Crippen LogP contribution in [0.4, 0.5) is 0 Å². The van der Waals surface area contributed by atoms with Crippen LogP contribution in [0.25, 0.3) is 0 Å². The van der Waals surface area contributed by atoms with E-state index in [4.69, 9.17) is 0 Å². The largest absolute Gasteiger partial charge is 0.390 e. The Bertz CT molecular complexity index is 1130. The van der Waals surface area contributed by atoms with Crippen LogP contribution in [0, 0.1) is 17.8 Å². The lowest BCUT2D eigenvalue weighted by atomic mass is 9.72. The summed E-state index contributed by atoms with van der Waals surface area (Å²) in [4.78, 5) is 45.9. The molecule has 3 fully saturated rings. The average Bonchev–Trinajstić information content (AvgIpc) is 3.53. The Morgan fingerprint density at radius 3 is 2.33 bits per heavy atom.